The molecule has 0 spiro atoms. The van der Waals surface area contributed by atoms with Gasteiger partial charge in [-0.05, 0) is 65.0 Å². The Bertz CT molecular complexity index is 1450. The molecule has 1 amide bonds. The summed E-state index contributed by atoms with van der Waals surface area (Å²) in [6.07, 6.45) is 5.26. The number of amides is 1. The maximum absolute atomic E-state index is 12.8. The highest BCUT2D eigenvalue weighted by molar-refractivity contribution is 6.07. The Kier molecular flexibility index (Phi) is 5.86. The summed E-state index contributed by atoms with van der Waals surface area (Å²) in [4.78, 5) is 21.5. The molecule has 2 aromatic heterocycles. The summed E-state index contributed by atoms with van der Waals surface area (Å²) < 4.78 is 5.48. The number of nitrogens with zero attached hydrogens (tertiary/aromatic N) is 2. The van der Waals surface area contributed by atoms with Crippen molar-refractivity contribution in [2.24, 2.45) is 0 Å². The van der Waals surface area contributed by atoms with E-state index in [1.54, 1.807) is 31.6 Å². The van der Waals surface area contributed by atoms with Crippen molar-refractivity contribution in [1.82, 2.24) is 9.97 Å². The average molecular weight is 447 g/mol. The van der Waals surface area contributed by atoms with E-state index >= 15 is 0 Å². The molecule has 0 aliphatic rings. The highest BCUT2D eigenvalue weighted by Crippen LogP contribution is 2.34. The molecule has 6 nitrogen and oxygen atoms in total. The predicted octanol–water partition coefficient (Wildman–Crippen LogP) is 6.30. The third kappa shape index (κ3) is 4.29. The van der Waals surface area contributed by atoms with Crippen molar-refractivity contribution in [3.8, 4) is 16.9 Å². The maximum Gasteiger partial charge on any atom is 0.259 e. The monoisotopic (exact) mass is 446 g/mol. The van der Waals surface area contributed by atoms with Gasteiger partial charge in [0.2, 0.25) is 0 Å². The van der Waals surface area contributed by atoms with E-state index in [4.69, 9.17) is 4.74 Å². The second kappa shape index (κ2) is 9.42. The molecule has 0 bridgehead atoms. The van der Waals surface area contributed by atoms with E-state index in [-0.39, 0.29) is 5.91 Å². The number of carbonyl (C=O) groups excluding carboxylic acids is 1. The zero-order chi connectivity index (χ0) is 23.3. The van der Waals surface area contributed by atoms with Crippen LogP contribution in [0.1, 0.15) is 10.4 Å². The molecular formula is C28H22N4O2. The number of rotatable bonds is 6. The molecule has 5 rings (SSSR count). The van der Waals surface area contributed by atoms with Crippen LogP contribution in [0.5, 0.6) is 5.75 Å². The Morgan fingerprint density at radius 1 is 0.794 bits per heavy atom. The quantitative estimate of drug-likeness (QED) is 0.320. The van der Waals surface area contributed by atoms with Gasteiger partial charge in [-0.25, -0.2) is 4.98 Å². The molecule has 0 fully saturated rings. The Hall–Kier alpha value is -4.71. The fourth-order valence-corrected chi connectivity index (χ4v) is 3.87. The van der Waals surface area contributed by atoms with Crippen LogP contribution in [-0.4, -0.2) is 23.0 Å². The van der Waals surface area contributed by atoms with E-state index in [0.29, 0.717) is 11.4 Å². The van der Waals surface area contributed by atoms with Crippen molar-refractivity contribution in [1.29, 1.82) is 0 Å². The first-order chi connectivity index (χ1) is 16.7. The van der Waals surface area contributed by atoms with E-state index in [0.717, 1.165) is 39.0 Å². The van der Waals surface area contributed by atoms with Crippen molar-refractivity contribution in [3.05, 3.63) is 109 Å². The number of para-hydroxylation sites is 1. The van der Waals surface area contributed by atoms with Crippen LogP contribution in [-0.2, 0) is 0 Å². The molecule has 0 saturated heterocycles. The number of nitrogens with one attached hydrogen (secondary N) is 2. The Morgan fingerprint density at radius 2 is 1.62 bits per heavy atom. The number of methoxy groups -OCH3 is 1. The van der Waals surface area contributed by atoms with Crippen molar-refractivity contribution in [2.75, 3.05) is 17.7 Å². The van der Waals surface area contributed by atoms with Gasteiger partial charge in [-0.1, -0.05) is 36.4 Å². The lowest BCUT2D eigenvalue weighted by Gasteiger charge is -2.13. The van der Waals surface area contributed by atoms with Crippen LogP contribution in [0.15, 0.2) is 104 Å². The lowest BCUT2D eigenvalue weighted by Crippen LogP contribution is -2.14. The third-order valence-electron chi connectivity index (χ3n) is 5.54. The Morgan fingerprint density at radius 3 is 2.41 bits per heavy atom. The molecule has 34 heavy (non-hydrogen) atoms. The smallest absolute Gasteiger partial charge is 0.259 e. The van der Waals surface area contributed by atoms with Gasteiger partial charge in [-0.15, -0.1) is 0 Å². The van der Waals surface area contributed by atoms with Crippen LogP contribution in [0, 0.1) is 0 Å². The third-order valence-corrected chi connectivity index (χ3v) is 5.54. The first kappa shape index (κ1) is 21.2. The van der Waals surface area contributed by atoms with Gasteiger partial charge >= 0.3 is 0 Å². The van der Waals surface area contributed by atoms with Crippen LogP contribution >= 0.6 is 0 Å². The molecule has 0 atom stereocenters. The van der Waals surface area contributed by atoms with Crippen molar-refractivity contribution in [3.63, 3.8) is 0 Å². The molecule has 5 aromatic rings. The lowest BCUT2D eigenvalue weighted by atomic mass is 9.98. The van der Waals surface area contributed by atoms with Gasteiger partial charge in [0.15, 0.2) is 0 Å². The molecule has 0 unspecified atom stereocenters. The van der Waals surface area contributed by atoms with Crippen LogP contribution in [0.3, 0.4) is 0 Å². The summed E-state index contributed by atoms with van der Waals surface area (Å²) in [5, 5.41) is 8.21. The van der Waals surface area contributed by atoms with Crippen molar-refractivity contribution >= 4 is 33.9 Å². The van der Waals surface area contributed by atoms with E-state index in [2.05, 4.69) is 20.6 Å². The second-order valence-corrected chi connectivity index (χ2v) is 7.66. The molecule has 2 heterocycles. The summed E-state index contributed by atoms with van der Waals surface area (Å²) in [6, 6.07) is 26.9. The summed E-state index contributed by atoms with van der Waals surface area (Å²) in [6.45, 7) is 0. The van der Waals surface area contributed by atoms with Crippen LogP contribution in [0.4, 0.5) is 17.2 Å². The highest BCUT2D eigenvalue weighted by atomic mass is 16.5. The number of fused-ring (bicyclic) bond motifs is 1. The zero-order valence-electron chi connectivity index (χ0n) is 18.5. The molecule has 0 saturated carbocycles. The number of hydrogen-bond acceptors (Lipinski definition) is 5. The molecule has 0 radical (unpaired) electrons. The Labute approximate surface area is 197 Å². The highest BCUT2D eigenvalue weighted by Gasteiger charge is 2.13. The molecule has 0 aliphatic heterocycles. The number of anilines is 3. The molecular weight excluding hydrogens is 424 g/mol. The maximum atomic E-state index is 12.8. The van der Waals surface area contributed by atoms with Crippen molar-refractivity contribution in [2.45, 2.75) is 0 Å². The number of pyridine rings is 2. The fraction of sp³-hybridized carbons (Fsp3) is 0.0357. The topological polar surface area (TPSA) is 76.1 Å². The normalized spacial score (nSPS) is 10.6. The van der Waals surface area contributed by atoms with Gasteiger partial charge in [-0.2, -0.15) is 0 Å². The van der Waals surface area contributed by atoms with E-state index in [1.807, 2.05) is 79.0 Å². The van der Waals surface area contributed by atoms with Gasteiger partial charge in [0.1, 0.15) is 11.6 Å². The van der Waals surface area contributed by atoms with Gasteiger partial charge in [0, 0.05) is 35.4 Å². The number of carbonyl (C=O) groups is 1. The lowest BCUT2D eigenvalue weighted by molar-refractivity contribution is 0.102. The first-order valence-corrected chi connectivity index (χ1v) is 10.8. The van der Waals surface area contributed by atoms with Crippen LogP contribution in [0.25, 0.3) is 21.9 Å². The minimum Gasteiger partial charge on any atom is -0.496 e. The molecule has 166 valence electrons. The molecule has 0 aliphatic carbocycles. The zero-order valence-corrected chi connectivity index (χ0v) is 18.5. The predicted molar refractivity (Wildman–Crippen MR) is 136 cm³/mol. The number of hydrogen-bond donors (Lipinski definition) is 2. The van der Waals surface area contributed by atoms with E-state index < -0.39 is 0 Å². The largest absolute Gasteiger partial charge is 0.496 e. The van der Waals surface area contributed by atoms with Crippen LogP contribution < -0.4 is 15.4 Å². The minimum atomic E-state index is -0.225. The second-order valence-electron chi connectivity index (χ2n) is 7.66. The summed E-state index contributed by atoms with van der Waals surface area (Å²) in [7, 11) is 1.66. The van der Waals surface area contributed by atoms with Gasteiger partial charge in [0.05, 0.1) is 12.7 Å². The summed E-state index contributed by atoms with van der Waals surface area (Å²) in [5.41, 5.74) is 4.17. The van der Waals surface area contributed by atoms with E-state index in [1.165, 1.54) is 0 Å². The van der Waals surface area contributed by atoms with Gasteiger partial charge < -0.3 is 15.4 Å². The number of ether oxygens (including phenoxy) is 1. The van der Waals surface area contributed by atoms with Crippen LogP contribution in [0.2, 0.25) is 0 Å². The van der Waals surface area contributed by atoms with E-state index in [9.17, 15) is 4.79 Å². The molecule has 3 aromatic carbocycles. The number of benzene rings is 3. The van der Waals surface area contributed by atoms with Gasteiger partial charge in [0.25, 0.3) is 5.91 Å². The molecule has 6 heteroatoms. The Balaban J connectivity index is 1.40. The number of aromatic nitrogens is 2. The summed E-state index contributed by atoms with van der Waals surface area (Å²) >= 11 is 0. The first-order valence-electron chi connectivity index (χ1n) is 10.8. The average Bonchev–Trinajstić information content (AvgIpc) is 2.89. The standard InChI is InChI=1S/C28H22N4O2/c1-34-26-14-13-22(23-15-17-29-18-25(23)26)19-9-11-21(12-10-19)31-27-24(8-5-16-30-27)28(33)32-20-6-3-2-4-7-20/h2-18H,1H3,(H,30,31)(H,32,33). The van der Waals surface area contributed by atoms with Gasteiger partial charge in [-0.3, -0.25) is 9.78 Å². The molecule has 2 N–H and O–H groups in total. The van der Waals surface area contributed by atoms with Crippen molar-refractivity contribution < 1.29 is 9.53 Å². The summed E-state index contributed by atoms with van der Waals surface area (Å²) in [5.74, 6) is 1.06. The fourth-order valence-electron chi connectivity index (χ4n) is 3.87. The SMILES string of the molecule is COc1ccc(-c2ccc(Nc3ncccc3C(=O)Nc3ccccc3)cc2)c2ccncc12. The minimum absolute atomic E-state index is 0.225.